The fourth-order valence-corrected chi connectivity index (χ4v) is 4.18. The summed E-state index contributed by atoms with van der Waals surface area (Å²) in [4.78, 5) is 0. The number of hydrogen-bond donors (Lipinski definition) is 3. The van der Waals surface area contributed by atoms with Crippen LogP contribution in [0.5, 0.6) is 5.75 Å². The minimum Gasteiger partial charge on any atom is -0.485 e. The third kappa shape index (κ3) is 7.20. The molecule has 170 valence electrons. The van der Waals surface area contributed by atoms with Crippen molar-refractivity contribution in [2.24, 2.45) is 5.92 Å². The van der Waals surface area contributed by atoms with Gasteiger partial charge in [0.15, 0.2) is 0 Å². The van der Waals surface area contributed by atoms with Crippen LogP contribution in [0.2, 0.25) is 0 Å². The van der Waals surface area contributed by atoms with Crippen molar-refractivity contribution >= 4 is 0 Å². The topological polar surface area (TPSA) is 69.9 Å². The van der Waals surface area contributed by atoms with E-state index in [4.69, 9.17) is 4.74 Å². The molecule has 0 aliphatic carbocycles. The summed E-state index contributed by atoms with van der Waals surface area (Å²) >= 11 is 0. The summed E-state index contributed by atoms with van der Waals surface area (Å²) in [6.07, 6.45) is 1.55. The third-order valence-corrected chi connectivity index (χ3v) is 6.10. The largest absolute Gasteiger partial charge is 0.485 e. The van der Waals surface area contributed by atoms with Crippen LogP contribution in [-0.2, 0) is 6.42 Å². The molecule has 3 rings (SSSR count). The number of para-hydroxylation sites is 1. The molecule has 32 heavy (non-hydrogen) atoms. The average Bonchev–Trinajstić information content (AvgIpc) is 2.86. The zero-order valence-electron chi connectivity index (χ0n) is 18.5. The molecule has 0 radical (unpaired) electrons. The minimum atomic E-state index is -0.820. The molecule has 4 nitrogen and oxygen atoms in total. The van der Waals surface area contributed by atoms with Gasteiger partial charge in [0.05, 0.1) is 12.7 Å². The van der Waals surface area contributed by atoms with Crippen molar-refractivity contribution in [1.29, 1.82) is 0 Å². The first-order valence-electron chi connectivity index (χ1n) is 11.4. The van der Waals surface area contributed by atoms with E-state index in [0.717, 1.165) is 31.2 Å². The van der Waals surface area contributed by atoms with Crippen molar-refractivity contribution in [3.8, 4) is 5.75 Å². The summed E-state index contributed by atoms with van der Waals surface area (Å²) in [5.41, 5.74) is 2.32. The Bertz CT molecular complexity index is 870. The number of benzene rings is 3. The molecule has 3 aromatic rings. The van der Waals surface area contributed by atoms with Crippen LogP contribution >= 0.6 is 0 Å². The fourth-order valence-electron chi connectivity index (χ4n) is 4.18. The first-order chi connectivity index (χ1) is 15.7. The second-order valence-corrected chi connectivity index (χ2v) is 8.29. The number of aryl methyl sites for hydroxylation is 1. The highest BCUT2D eigenvalue weighted by atomic mass is 16.5. The molecule has 4 heteroatoms. The maximum atomic E-state index is 11.2. The van der Waals surface area contributed by atoms with E-state index < -0.39 is 12.2 Å². The van der Waals surface area contributed by atoms with Crippen LogP contribution in [0.15, 0.2) is 91.0 Å². The highest BCUT2D eigenvalue weighted by Crippen LogP contribution is 2.29. The lowest BCUT2D eigenvalue weighted by molar-refractivity contribution is -0.0340. The normalized spacial score (nSPS) is 15.0. The number of aliphatic hydroxyl groups excluding tert-OH is 3. The number of hydrogen-bond acceptors (Lipinski definition) is 4. The van der Waals surface area contributed by atoms with Gasteiger partial charge >= 0.3 is 0 Å². The molecule has 4 atom stereocenters. The molecule has 0 spiro atoms. The molecule has 3 N–H and O–H groups in total. The highest BCUT2D eigenvalue weighted by Gasteiger charge is 2.29. The molecule has 0 heterocycles. The maximum absolute atomic E-state index is 11.2. The summed E-state index contributed by atoms with van der Waals surface area (Å²) in [5.74, 6) is 0.573. The SMILES string of the molecule is OCC(CCC(CCc1ccccc1)C(O)C(CO)Oc1ccccc1)c1ccccc1. The van der Waals surface area contributed by atoms with Gasteiger partial charge in [0.25, 0.3) is 0 Å². The lowest BCUT2D eigenvalue weighted by Crippen LogP contribution is -2.40. The molecule has 0 aromatic heterocycles. The molecule has 0 aliphatic rings. The molecule has 4 unspecified atom stereocenters. The predicted octanol–water partition coefficient (Wildman–Crippen LogP) is 4.59. The Morgan fingerprint density at radius 3 is 1.84 bits per heavy atom. The van der Waals surface area contributed by atoms with Crippen LogP contribution in [0.25, 0.3) is 0 Å². The van der Waals surface area contributed by atoms with E-state index in [2.05, 4.69) is 12.1 Å². The van der Waals surface area contributed by atoms with E-state index >= 15 is 0 Å². The van der Waals surface area contributed by atoms with E-state index in [1.165, 1.54) is 5.56 Å². The monoisotopic (exact) mass is 434 g/mol. The Balaban J connectivity index is 1.70. The molecular weight excluding hydrogens is 400 g/mol. The van der Waals surface area contributed by atoms with E-state index in [1.54, 1.807) is 0 Å². The molecule has 0 aliphatic heterocycles. The Morgan fingerprint density at radius 2 is 1.25 bits per heavy atom. The van der Waals surface area contributed by atoms with Crippen LogP contribution < -0.4 is 4.74 Å². The van der Waals surface area contributed by atoms with Gasteiger partial charge in [0, 0.05) is 12.5 Å². The number of rotatable bonds is 13. The molecule has 0 bridgehead atoms. The van der Waals surface area contributed by atoms with E-state index in [0.29, 0.717) is 5.75 Å². The number of aliphatic hydroxyl groups is 3. The lowest BCUT2D eigenvalue weighted by atomic mass is 9.84. The summed E-state index contributed by atoms with van der Waals surface area (Å²) in [6, 6.07) is 29.5. The molecule has 3 aromatic carbocycles. The minimum absolute atomic E-state index is 0.0187. The summed E-state index contributed by atoms with van der Waals surface area (Å²) < 4.78 is 5.93. The second-order valence-electron chi connectivity index (χ2n) is 8.29. The van der Waals surface area contributed by atoms with E-state index in [1.807, 2.05) is 78.9 Å². The van der Waals surface area contributed by atoms with Gasteiger partial charge in [-0.15, -0.1) is 0 Å². The maximum Gasteiger partial charge on any atom is 0.148 e. The fraction of sp³-hybridized carbons (Fsp3) is 0.357. The van der Waals surface area contributed by atoms with Gasteiger partial charge in [-0.25, -0.2) is 0 Å². The lowest BCUT2D eigenvalue weighted by Gasteiger charge is -2.30. The van der Waals surface area contributed by atoms with Crippen LogP contribution in [0.1, 0.15) is 36.3 Å². The van der Waals surface area contributed by atoms with Gasteiger partial charge < -0.3 is 20.1 Å². The molecule has 0 fully saturated rings. The van der Waals surface area contributed by atoms with Gasteiger partial charge in [0.2, 0.25) is 0 Å². The Kier molecular flexibility index (Phi) is 9.76. The van der Waals surface area contributed by atoms with Crippen molar-refractivity contribution in [3.05, 3.63) is 102 Å². The van der Waals surface area contributed by atoms with Gasteiger partial charge in [0.1, 0.15) is 11.9 Å². The first-order valence-corrected chi connectivity index (χ1v) is 11.4. The molecule has 0 saturated heterocycles. The van der Waals surface area contributed by atoms with Crippen LogP contribution in [0.3, 0.4) is 0 Å². The zero-order valence-corrected chi connectivity index (χ0v) is 18.5. The van der Waals surface area contributed by atoms with Gasteiger partial charge in [-0.3, -0.25) is 0 Å². The molecule has 0 amide bonds. The van der Waals surface area contributed by atoms with Crippen LogP contribution in [0, 0.1) is 5.92 Å². The third-order valence-electron chi connectivity index (χ3n) is 6.10. The predicted molar refractivity (Wildman–Crippen MR) is 128 cm³/mol. The van der Waals surface area contributed by atoms with Gasteiger partial charge in [-0.1, -0.05) is 78.9 Å². The molecule has 0 saturated carbocycles. The van der Waals surface area contributed by atoms with Crippen molar-refractivity contribution in [2.75, 3.05) is 13.2 Å². The summed E-state index contributed by atoms with van der Waals surface area (Å²) in [7, 11) is 0. The zero-order chi connectivity index (χ0) is 22.6. The number of ether oxygens (including phenoxy) is 1. The Labute approximate surface area is 191 Å². The van der Waals surface area contributed by atoms with E-state index in [-0.39, 0.29) is 25.0 Å². The smallest absolute Gasteiger partial charge is 0.148 e. The van der Waals surface area contributed by atoms with Crippen molar-refractivity contribution in [3.63, 3.8) is 0 Å². The van der Waals surface area contributed by atoms with Crippen molar-refractivity contribution < 1.29 is 20.1 Å². The first kappa shape index (κ1) is 24.0. The van der Waals surface area contributed by atoms with E-state index in [9.17, 15) is 15.3 Å². The molecular formula is C28H34O4. The summed E-state index contributed by atoms with van der Waals surface area (Å²) in [6.45, 7) is -0.199. The second kappa shape index (κ2) is 13.0. The van der Waals surface area contributed by atoms with Gasteiger partial charge in [-0.05, 0) is 54.9 Å². The van der Waals surface area contributed by atoms with Crippen molar-refractivity contribution in [2.45, 2.75) is 43.8 Å². The van der Waals surface area contributed by atoms with Gasteiger partial charge in [-0.2, -0.15) is 0 Å². The quantitative estimate of drug-likeness (QED) is 0.368. The summed E-state index contributed by atoms with van der Waals surface area (Å²) in [5, 5.41) is 31.1. The standard InChI is InChI=1S/C28H34O4/c29-20-25(23-12-6-2-7-13-23)19-18-24(17-16-22-10-4-1-5-11-22)28(31)27(21-30)32-26-14-8-3-9-15-26/h1-15,24-25,27-31H,16-21H2. The van der Waals surface area contributed by atoms with Crippen LogP contribution in [0.4, 0.5) is 0 Å². The Hall–Kier alpha value is -2.66. The highest BCUT2D eigenvalue weighted by molar-refractivity contribution is 5.22. The van der Waals surface area contributed by atoms with Crippen molar-refractivity contribution in [1.82, 2.24) is 0 Å². The van der Waals surface area contributed by atoms with Crippen LogP contribution in [-0.4, -0.2) is 40.7 Å². The Morgan fingerprint density at radius 1 is 0.656 bits per heavy atom. The average molecular weight is 435 g/mol.